The maximum absolute atomic E-state index is 11.9. The number of rotatable bonds is 17. The Labute approximate surface area is 185 Å². The first-order valence-electron chi connectivity index (χ1n) is 11.5. The van der Waals surface area contributed by atoms with E-state index in [2.05, 4.69) is 6.92 Å². The fourth-order valence-electron chi connectivity index (χ4n) is 3.16. The maximum Gasteiger partial charge on any atom is 0.326 e. The normalized spacial score (nSPS) is 11.8. The van der Waals surface area contributed by atoms with E-state index in [0.29, 0.717) is 18.6 Å². The Balaban J connectivity index is 2.03. The first-order valence-corrected chi connectivity index (χ1v) is 11.5. The van der Waals surface area contributed by atoms with E-state index in [1.807, 2.05) is 0 Å². The molecule has 0 saturated heterocycles. The first kappa shape index (κ1) is 26.8. The lowest BCUT2D eigenvalue weighted by molar-refractivity contribution is -0.151. The lowest BCUT2D eigenvalue weighted by atomic mass is 10.1. The zero-order valence-electron chi connectivity index (χ0n) is 18.8. The van der Waals surface area contributed by atoms with Crippen LogP contribution < -0.4 is 5.73 Å². The van der Waals surface area contributed by atoms with Gasteiger partial charge in [-0.3, -0.25) is 9.59 Å². The molecular weight excluding hydrogens is 398 g/mol. The number of carbonyl (C=O) groups is 2. The second-order valence-electron chi connectivity index (χ2n) is 7.96. The van der Waals surface area contributed by atoms with Crippen molar-refractivity contribution in [3.63, 3.8) is 0 Å². The van der Waals surface area contributed by atoms with Gasteiger partial charge in [0.1, 0.15) is 12.6 Å². The number of hydrogen-bond donors (Lipinski definition) is 3. The number of hydrogen-bond acceptors (Lipinski definition) is 7. The minimum Gasteiger partial charge on any atom is -0.504 e. The van der Waals surface area contributed by atoms with E-state index in [1.54, 1.807) is 6.07 Å². The van der Waals surface area contributed by atoms with Crippen molar-refractivity contribution in [2.45, 2.75) is 90.0 Å². The summed E-state index contributed by atoms with van der Waals surface area (Å²) >= 11 is 0. The van der Waals surface area contributed by atoms with Gasteiger partial charge in [-0.05, 0) is 30.5 Å². The molecule has 0 aromatic heterocycles. The van der Waals surface area contributed by atoms with Crippen LogP contribution in [0.25, 0.3) is 0 Å². The molecule has 7 nitrogen and oxygen atoms in total. The Bertz CT molecular complexity index is 649. The molecule has 0 aliphatic heterocycles. The van der Waals surface area contributed by atoms with Crippen molar-refractivity contribution in [2.75, 3.05) is 13.2 Å². The van der Waals surface area contributed by atoms with E-state index in [4.69, 9.17) is 15.2 Å². The number of ether oxygens (including phenoxy) is 2. The third-order valence-corrected chi connectivity index (χ3v) is 5.13. The van der Waals surface area contributed by atoms with Crippen LogP contribution in [0.2, 0.25) is 0 Å². The molecule has 0 amide bonds. The molecule has 0 aliphatic rings. The van der Waals surface area contributed by atoms with Crippen LogP contribution >= 0.6 is 0 Å². The van der Waals surface area contributed by atoms with Crippen molar-refractivity contribution >= 4 is 11.9 Å². The van der Waals surface area contributed by atoms with Gasteiger partial charge >= 0.3 is 11.9 Å². The Hall–Kier alpha value is -2.28. The summed E-state index contributed by atoms with van der Waals surface area (Å²) in [6.45, 7) is 2.33. The molecule has 1 aromatic rings. The molecule has 0 fully saturated rings. The van der Waals surface area contributed by atoms with Crippen molar-refractivity contribution in [3.8, 4) is 11.5 Å². The average molecular weight is 438 g/mol. The highest BCUT2D eigenvalue weighted by Gasteiger charge is 2.17. The SMILES string of the molecule is CCCCCCCCCCCCOC(=O)[C@@H](N)COC(=O)CCc1ccc(O)c(O)c1. The van der Waals surface area contributed by atoms with Crippen LogP contribution in [0.4, 0.5) is 0 Å². The highest BCUT2D eigenvalue weighted by atomic mass is 16.6. The molecule has 0 heterocycles. The molecule has 0 spiro atoms. The van der Waals surface area contributed by atoms with E-state index >= 15 is 0 Å². The van der Waals surface area contributed by atoms with Crippen molar-refractivity contribution in [3.05, 3.63) is 23.8 Å². The number of unbranched alkanes of at least 4 members (excludes halogenated alkanes) is 9. The molecular formula is C24H39NO6. The van der Waals surface area contributed by atoms with E-state index < -0.39 is 18.0 Å². The average Bonchev–Trinajstić information content (AvgIpc) is 2.76. The Kier molecular flexibility index (Phi) is 14.2. The number of benzene rings is 1. The molecule has 0 saturated carbocycles. The number of aromatic hydroxyl groups is 2. The van der Waals surface area contributed by atoms with Gasteiger partial charge in [0.2, 0.25) is 0 Å². The highest BCUT2D eigenvalue weighted by molar-refractivity contribution is 5.76. The number of esters is 2. The number of phenolic OH excluding ortho intramolecular Hbond substituents is 2. The minimum absolute atomic E-state index is 0.0740. The quantitative estimate of drug-likeness (QED) is 0.188. The van der Waals surface area contributed by atoms with Crippen LogP contribution in [-0.2, 0) is 25.5 Å². The Morgan fingerprint density at radius 1 is 0.903 bits per heavy atom. The van der Waals surface area contributed by atoms with E-state index in [1.165, 1.54) is 57.1 Å². The van der Waals surface area contributed by atoms with Gasteiger partial charge in [0.05, 0.1) is 6.61 Å². The summed E-state index contributed by atoms with van der Waals surface area (Å²) in [6, 6.07) is 3.36. The Morgan fingerprint density at radius 3 is 2.13 bits per heavy atom. The summed E-state index contributed by atoms with van der Waals surface area (Å²) < 4.78 is 10.2. The predicted octanol–water partition coefficient (Wildman–Crippen LogP) is 4.37. The van der Waals surface area contributed by atoms with Gasteiger partial charge in [-0.15, -0.1) is 0 Å². The first-order chi connectivity index (χ1) is 14.9. The number of aryl methyl sites for hydroxylation is 1. The molecule has 1 aromatic carbocycles. The van der Waals surface area contributed by atoms with Crippen molar-refractivity contribution in [1.82, 2.24) is 0 Å². The third kappa shape index (κ3) is 12.9. The molecule has 7 heteroatoms. The molecule has 0 radical (unpaired) electrons. The summed E-state index contributed by atoms with van der Waals surface area (Å²) in [7, 11) is 0. The molecule has 0 unspecified atom stereocenters. The minimum atomic E-state index is -0.996. The summed E-state index contributed by atoms with van der Waals surface area (Å²) in [5.41, 5.74) is 6.41. The van der Waals surface area contributed by atoms with Crippen molar-refractivity contribution < 1.29 is 29.3 Å². The van der Waals surface area contributed by atoms with Gasteiger partial charge in [0.25, 0.3) is 0 Å². The second-order valence-corrected chi connectivity index (χ2v) is 7.96. The monoisotopic (exact) mass is 437 g/mol. The van der Waals surface area contributed by atoms with Crippen LogP contribution in [0.15, 0.2) is 18.2 Å². The zero-order chi connectivity index (χ0) is 22.9. The van der Waals surface area contributed by atoms with Gasteiger partial charge in [-0.2, -0.15) is 0 Å². The fraction of sp³-hybridized carbons (Fsp3) is 0.667. The van der Waals surface area contributed by atoms with Gasteiger partial charge in [-0.25, -0.2) is 0 Å². The van der Waals surface area contributed by atoms with Crippen molar-refractivity contribution in [2.24, 2.45) is 5.73 Å². The summed E-state index contributed by atoms with van der Waals surface area (Å²) in [4.78, 5) is 23.7. The van der Waals surface area contributed by atoms with Crippen LogP contribution in [0.5, 0.6) is 11.5 Å². The molecule has 0 aliphatic carbocycles. The lowest BCUT2D eigenvalue weighted by Crippen LogP contribution is -2.37. The topological polar surface area (TPSA) is 119 Å². The van der Waals surface area contributed by atoms with Crippen LogP contribution in [0.1, 0.15) is 83.1 Å². The van der Waals surface area contributed by atoms with Gasteiger partial charge in [0, 0.05) is 6.42 Å². The summed E-state index contributed by atoms with van der Waals surface area (Å²) in [5.74, 6) is -1.51. The summed E-state index contributed by atoms with van der Waals surface area (Å²) in [6.07, 6.45) is 12.5. The molecule has 0 bridgehead atoms. The molecule has 4 N–H and O–H groups in total. The van der Waals surface area contributed by atoms with Gasteiger partial charge in [0.15, 0.2) is 11.5 Å². The third-order valence-electron chi connectivity index (χ3n) is 5.13. The second kappa shape index (κ2) is 16.4. The fourth-order valence-corrected chi connectivity index (χ4v) is 3.16. The largest absolute Gasteiger partial charge is 0.504 e. The Morgan fingerprint density at radius 2 is 1.52 bits per heavy atom. The zero-order valence-corrected chi connectivity index (χ0v) is 18.8. The number of nitrogens with two attached hydrogens (primary N) is 1. The standard InChI is InChI=1S/C24H39NO6/c1-2-3-4-5-6-7-8-9-10-11-16-30-24(29)20(25)18-31-23(28)15-13-19-12-14-21(26)22(27)17-19/h12,14,17,20,26-27H,2-11,13,15-16,18,25H2,1H3/t20-/m0/s1. The van der Waals surface area contributed by atoms with Crippen LogP contribution in [0, 0.1) is 0 Å². The van der Waals surface area contributed by atoms with Crippen molar-refractivity contribution in [1.29, 1.82) is 0 Å². The predicted molar refractivity (Wildman–Crippen MR) is 120 cm³/mol. The number of carbonyl (C=O) groups excluding carboxylic acids is 2. The lowest BCUT2D eigenvalue weighted by Gasteiger charge is -2.12. The van der Waals surface area contributed by atoms with E-state index in [0.717, 1.165) is 19.3 Å². The molecule has 31 heavy (non-hydrogen) atoms. The van der Waals surface area contributed by atoms with Crippen LogP contribution in [-0.4, -0.2) is 41.4 Å². The van der Waals surface area contributed by atoms with Gasteiger partial charge < -0.3 is 25.4 Å². The van der Waals surface area contributed by atoms with Gasteiger partial charge in [-0.1, -0.05) is 70.8 Å². The molecule has 176 valence electrons. The van der Waals surface area contributed by atoms with E-state index in [-0.39, 0.29) is 24.5 Å². The van der Waals surface area contributed by atoms with E-state index in [9.17, 15) is 19.8 Å². The van der Waals surface area contributed by atoms with Crippen LogP contribution in [0.3, 0.4) is 0 Å². The summed E-state index contributed by atoms with van der Waals surface area (Å²) in [5, 5.41) is 18.7. The number of phenols is 2. The maximum atomic E-state index is 11.9. The smallest absolute Gasteiger partial charge is 0.326 e. The molecule has 1 atom stereocenters. The molecule has 1 rings (SSSR count). The highest BCUT2D eigenvalue weighted by Crippen LogP contribution is 2.25.